The maximum Gasteiger partial charge on any atom is 0.407 e. The molecule has 4 heterocycles. The van der Waals surface area contributed by atoms with Crippen LogP contribution >= 0.6 is 0 Å². The van der Waals surface area contributed by atoms with Crippen LogP contribution in [0.1, 0.15) is 61.0 Å². The lowest BCUT2D eigenvalue weighted by Gasteiger charge is -2.49. The zero-order chi connectivity index (χ0) is 26.1. The number of piperidine rings is 2. The summed E-state index contributed by atoms with van der Waals surface area (Å²) in [5, 5.41) is 27.8. The Hall–Kier alpha value is -3.59. The Kier molecular flexibility index (Phi) is 7.06. The number of nitrogens with one attached hydrogen (secondary N) is 1. The SMILES string of the molecule is CC(=O)N1CCC(C2c3nc(NC4CCN(C(=O)O)CC4)ccc3C=C(c3ccccc3C)N2[O-])CC1. The van der Waals surface area contributed by atoms with Crippen LogP contribution in [-0.2, 0) is 4.79 Å². The number of nitrogens with zero attached hydrogens (tertiary/aromatic N) is 4. The first-order chi connectivity index (χ1) is 17.8. The van der Waals surface area contributed by atoms with Crippen LogP contribution in [0.15, 0.2) is 36.4 Å². The number of likely N-dealkylation sites (tertiary alicyclic amines) is 2. The first-order valence-electron chi connectivity index (χ1n) is 13.1. The molecule has 1 atom stereocenters. The molecule has 1 aromatic heterocycles. The maximum absolute atomic E-state index is 14.0. The Labute approximate surface area is 217 Å². The molecule has 2 fully saturated rings. The summed E-state index contributed by atoms with van der Waals surface area (Å²) in [6, 6.07) is 11.6. The molecule has 2 amide bonds. The Balaban J connectivity index is 1.45. The molecule has 1 aromatic carbocycles. The number of pyridine rings is 1. The standard InChI is InChI=1S/C28H34N5O4/c1-18-5-3-4-6-23(18)24-17-21-7-8-25(29-22-11-15-32(16-12-22)28(35)36)30-26(21)27(33(24)37)20-9-13-31(14-10-20)19(2)34/h3-8,17,20,22,27H,9-16H2,1-2H3,(H,29,30)(H,35,36)/q-1. The van der Waals surface area contributed by atoms with Crippen LogP contribution in [0.4, 0.5) is 10.6 Å². The third kappa shape index (κ3) is 5.13. The van der Waals surface area contributed by atoms with E-state index in [-0.39, 0.29) is 17.9 Å². The predicted molar refractivity (Wildman–Crippen MR) is 142 cm³/mol. The highest BCUT2D eigenvalue weighted by Crippen LogP contribution is 2.44. The normalized spacial score (nSPS) is 20.9. The average Bonchev–Trinajstić information content (AvgIpc) is 2.89. The molecule has 0 saturated carbocycles. The lowest BCUT2D eigenvalue weighted by Crippen LogP contribution is -2.42. The highest BCUT2D eigenvalue weighted by atomic mass is 16.5. The van der Waals surface area contributed by atoms with E-state index in [1.807, 2.05) is 54.3 Å². The number of hydroxylamine groups is 2. The van der Waals surface area contributed by atoms with Gasteiger partial charge < -0.3 is 30.5 Å². The van der Waals surface area contributed by atoms with Gasteiger partial charge in [0.2, 0.25) is 5.91 Å². The van der Waals surface area contributed by atoms with Crippen molar-refractivity contribution in [3.8, 4) is 0 Å². The van der Waals surface area contributed by atoms with Gasteiger partial charge in [-0.1, -0.05) is 24.3 Å². The van der Waals surface area contributed by atoms with E-state index < -0.39 is 12.1 Å². The quantitative estimate of drug-likeness (QED) is 0.628. The molecule has 1 unspecified atom stereocenters. The molecule has 0 aliphatic carbocycles. The number of carboxylic acid groups (broad SMARTS) is 1. The van der Waals surface area contributed by atoms with Crippen LogP contribution in [0.25, 0.3) is 11.8 Å². The van der Waals surface area contributed by atoms with Crippen molar-refractivity contribution in [1.29, 1.82) is 0 Å². The smallest absolute Gasteiger partial charge is 0.407 e. The second-order valence-electron chi connectivity index (χ2n) is 10.3. The molecule has 9 nitrogen and oxygen atoms in total. The van der Waals surface area contributed by atoms with Gasteiger partial charge in [-0.2, -0.15) is 0 Å². The zero-order valence-corrected chi connectivity index (χ0v) is 21.4. The lowest BCUT2D eigenvalue weighted by molar-refractivity contribution is -0.130. The number of aryl methyl sites for hydroxylation is 1. The van der Waals surface area contributed by atoms with E-state index >= 15 is 0 Å². The highest BCUT2D eigenvalue weighted by molar-refractivity contribution is 5.85. The van der Waals surface area contributed by atoms with Crippen molar-refractivity contribution in [1.82, 2.24) is 19.8 Å². The van der Waals surface area contributed by atoms with E-state index in [1.54, 1.807) is 6.92 Å². The summed E-state index contributed by atoms with van der Waals surface area (Å²) in [7, 11) is 0. The molecular formula is C28H34N5O4-. The summed E-state index contributed by atoms with van der Waals surface area (Å²) >= 11 is 0. The van der Waals surface area contributed by atoms with Crippen LogP contribution in [0.3, 0.4) is 0 Å². The summed E-state index contributed by atoms with van der Waals surface area (Å²) in [6.07, 6.45) is 3.98. The van der Waals surface area contributed by atoms with Gasteiger partial charge in [0.25, 0.3) is 0 Å². The Morgan fingerprint density at radius 1 is 1.00 bits per heavy atom. The van der Waals surface area contributed by atoms with Gasteiger partial charge in [-0.15, -0.1) is 0 Å². The number of aromatic nitrogens is 1. The van der Waals surface area contributed by atoms with Crippen molar-refractivity contribution in [2.75, 3.05) is 31.5 Å². The number of hydrogen-bond donors (Lipinski definition) is 2. The molecule has 2 saturated heterocycles. The molecule has 196 valence electrons. The second kappa shape index (κ2) is 10.4. The molecule has 2 N–H and O–H groups in total. The Morgan fingerprint density at radius 2 is 1.68 bits per heavy atom. The largest absolute Gasteiger partial charge is 0.758 e. The van der Waals surface area contributed by atoms with Crippen molar-refractivity contribution in [2.24, 2.45) is 5.92 Å². The van der Waals surface area contributed by atoms with Gasteiger partial charge in [0, 0.05) is 50.4 Å². The van der Waals surface area contributed by atoms with Crippen molar-refractivity contribution >= 4 is 29.6 Å². The number of carbonyl (C=O) groups excluding carboxylic acids is 1. The van der Waals surface area contributed by atoms with Gasteiger partial charge in [-0.3, -0.25) is 4.79 Å². The van der Waals surface area contributed by atoms with Crippen molar-refractivity contribution in [3.05, 3.63) is 64.0 Å². The van der Waals surface area contributed by atoms with E-state index in [9.17, 15) is 19.9 Å². The number of carbonyl (C=O) groups is 2. The van der Waals surface area contributed by atoms with Gasteiger partial charge in [0.1, 0.15) is 5.82 Å². The summed E-state index contributed by atoms with van der Waals surface area (Å²) in [4.78, 5) is 31.4. The fourth-order valence-corrected chi connectivity index (χ4v) is 5.82. The molecule has 0 radical (unpaired) electrons. The van der Waals surface area contributed by atoms with Crippen LogP contribution in [-0.4, -0.2) is 69.2 Å². The minimum Gasteiger partial charge on any atom is -0.758 e. The van der Waals surface area contributed by atoms with Crippen molar-refractivity contribution in [2.45, 2.75) is 51.6 Å². The van der Waals surface area contributed by atoms with E-state index in [1.165, 1.54) is 4.90 Å². The average molecular weight is 505 g/mol. The Bertz CT molecular complexity index is 1200. The topological polar surface area (TPSA) is 112 Å². The summed E-state index contributed by atoms with van der Waals surface area (Å²) < 4.78 is 0. The van der Waals surface area contributed by atoms with Gasteiger partial charge in [0.15, 0.2) is 0 Å². The molecule has 0 spiro atoms. The van der Waals surface area contributed by atoms with Gasteiger partial charge in [-0.25, -0.2) is 9.78 Å². The molecule has 3 aliphatic heterocycles. The number of benzene rings is 1. The monoisotopic (exact) mass is 504 g/mol. The fraction of sp³-hybridized carbons (Fsp3) is 0.464. The number of amides is 2. The van der Waals surface area contributed by atoms with Crippen LogP contribution in [0, 0.1) is 18.0 Å². The minimum absolute atomic E-state index is 0.0699. The van der Waals surface area contributed by atoms with Gasteiger partial charge in [-0.05, 0) is 67.9 Å². The van der Waals surface area contributed by atoms with E-state index in [0.29, 0.717) is 50.5 Å². The van der Waals surface area contributed by atoms with E-state index in [0.717, 1.165) is 40.3 Å². The number of rotatable bonds is 4. The van der Waals surface area contributed by atoms with Crippen LogP contribution in [0.5, 0.6) is 0 Å². The van der Waals surface area contributed by atoms with Crippen molar-refractivity contribution < 1.29 is 14.7 Å². The van der Waals surface area contributed by atoms with E-state index in [2.05, 4.69) is 5.32 Å². The highest BCUT2D eigenvalue weighted by Gasteiger charge is 2.35. The van der Waals surface area contributed by atoms with Crippen LogP contribution in [0.2, 0.25) is 0 Å². The fourth-order valence-electron chi connectivity index (χ4n) is 5.82. The summed E-state index contributed by atoms with van der Waals surface area (Å²) in [6.45, 7) is 5.88. The number of anilines is 1. The van der Waals surface area contributed by atoms with Gasteiger partial charge >= 0.3 is 6.09 Å². The molecule has 2 aromatic rings. The number of hydrogen-bond acceptors (Lipinski definition) is 6. The first-order valence-corrected chi connectivity index (χ1v) is 13.1. The molecular weight excluding hydrogens is 470 g/mol. The third-order valence-corrected chi connectivity index (χ3v) is 7.99. The second-order valence-corrected chi connectivity index (χ2v) is 10.3. The first kappa shape index (κ1) is 25.1. The van der Waals surface area contributed by atoms with E-state index in [4.69, 9.17) is 4.98 Å². The summed E-state index contributed by atoms with van der Waals surface area (Å²) in [5.74, 6) is 0.849. The minimum atomic E-state index is -0.879. The Morgan fingerprint density at radius 3 is 2.32 bits per heavy atom. The molecule has 0 bridgehead atoms. The maximum atomic E-state index is 14.0. The third-order valence-electron chi connectivity index (χ3n) is 7.99. The lowest BCUT2D eigenvalue weighted by atomic mass is 9.83. The molecule has 5 rings (SSSR count). The molecule has 9 heteroatoms. The van der Waals surface area contributed by atoms with Crippen molar-refractivity contribution in [3.63, 3.8) is 0 Å². The summed E-state index contributed by atoms with van der Waals surface area (Å²) in [5.41, 5.74) is 4.31. The zero-order valence-electron chi connectivity index (χ0n) is 21.4. The molecule has 3 aliphatic rings. The predicted octanol–water partition coefficient (Wildman–Crippen LogP) is 4.56. The van der Waals surface area contributed by atoms with Crippen LogP contribution < -0.4 is 5.32 Å². The van der Waals surface area contributed by atoms with Gasteiger partial charge in [0.05, 0.1) is 11.7 Å². The molecule has 37 heavy (non-hydrogen) atoms. The number of fused-ring (bicyclic) bond motifs is 1.